The number of anilines is 2. The zero-order chi connectivity index (χ0) is 26.3. The predicted octanol–water partition coefficient (Wildman–Crippen LogP) is 6.49. The number of hydrogen-bond donors (Lipinski definition) is 2. The molecule has 1 fully saturated rings. The van der Waals surface area contributed by atoms with Crippen molar-refractivity contribution in [2.45, 2.75) is 10.3 Å². The summed E-state index contributed by atoms with van der Waals surface area (Å²) < 4.78 is 13.3. The second-order valence-electron chi connectivity index (χ2n) is 8.35. The van der Waals surface area contributed by atoms with Crippen LogP contribution in [0.4, 0.5) is 15.8 Å². The van der Waals surface area contributed by atoms with Crippen molar-refractivity contribution in [2.75, 3.05) is 10.6 Å². The van der Waals surface area contributed by atoms with Gasteiger partial charge in [0.15, 0.2) is 0 Å². The molecule has 3 aromatic carbocycles. The summed E-state index contributed by atoms with van der Waals surface area (Å²) >= 11 is 25.1. The lowest BCUT2D eigenvalue weighted by Crippen LogP contribution is -2.19. The molecule has 188 valence electrons. The number of nitrogens with zero attached hydrogens (tertiary/aromatic N) is 3. The molecule has 2 N–H and O–H groups in total. The first kappa shape index (κ1) is 25.5. The second kappa shape index (κ2) is 9.95. The highest BCUT2D eigenvalue weighted by molar-refractivity contribution is 6.53. The Morgan fingerprint density at radius 1 is 0.919 bits per heavy atom. The number of carbonyl (C=O) groups is 2. The maximum atomic E-state index is 13.3. The fraction of sp³-hybridized carbons (Fsp3) is 0.120. The zero-order valence-corrected chi connectivity index (χ0v) is 21.7. The molecule has 7 nitrogen and oxygen atoms in total. The van der Waals surface area contributed by atoms with Crippen LogP contribution in [0.15, 0.2) is 73.3 Å². The third-order valence-corrected chi connectivity index (χ3v) is 7.23. The van der Waals surface area contributed by atoms with Gasteiger partial charge in [0.05, 0.1) is 17.2 Å². The van der Waals surface area contributed by atoms with Crippen molar-refractivity contribution < 1.29 is 14.0 Å². The number of halogens is 5. The molecular weight excluding hydrogens is 563 g/mol. The van der Waals surface area contributed by atoms with E-state index >= 15 is 0 Å². The summed E-state index contributed by atoms with van der Waals surface area (Å²) in [6.45, 7) is 0. The van der Waals surface area contributed by atoms with Crippen molar-refractivity contribution in [3.63, 3.8) is 0 Å². The normalized spacial score (nSPS) is 17.8. The van der Waals surface area contributed by atoms with Gasteiger partial charge in [0, 0.05) is 27.3 Å². The van der Waals surface area contributed by atoms with E-state index in [0.29, 0.717) is 32.7 Å². The van der Waals surface area contributed by atoms with Gasteiger partial charge in [-0.2, -0.15) is 5.10 Å². The number of benzene rings is 3. The average Bonchev–Trinajstić information content (AvgIpc) is 3.16. The average molecular weight is 579 g/mol. The van der Waals surface area contributed by atoms with Crippen molar-refractivity contribution in [1.29, 1.82) is 0 Å². The molecule has 4 aromatic rings. The van der Waals surface area contributed by atoms with Gasteiger partial charge in [0.25, 0.3) is 5.91 Å². The van der Waals surface area contributed by atoms with Gasteiger partial charge in [0.1, 0.15) is 22.8 Å². The fourth-order valence-electron chi connectivity index (χ4n) is 4.10. The van der Waals surface area contributed by atoms with Crippen molar-refractivity contribution in [3.8, 4) is 5.69 Å². The maximum absolute atomic E-state index is 13.3. The van der Waals surface area contributed by atoms with Gasteiger partial charge in [-0.1, -0.05) is 23.2 Å². The smallest absolute Gasteiger partial charge is 0.257 e. The first-order valence-electron chi connectivity index (χ1n) is 10.8. The highest BCUT2D eigenvalue weighted by Crippen LogP contribution is 2.65. The molecule has 5 rings (SSSR count). The van der Waals surface area contributed by atoms with Gasteiger partial charge in [-0.3, -0.25) is 9.59 Å². The third kappa shape index (κ3) is 5.29. The summed E-state index contributed by atoms with van der Waals surface area (Å²) in [6, 6.07) is 14.9. The number of alkyl halides is 2. The molecule has 2 atom stereocenters. The molecule has 1 saturated carbocycles. The molecule has 0 bridgehead atoms. The van der Waals surface area contributed by atoms with Crippen LogP contribution in [0.2, 0.25) is 10.0 Å². The Labute approximate surface area is 230 Å². The lowest BCUT2D eigenvalue weighted by atomic mass is 10.1. The van der Waals surface area contributed by atoms with Crippen LogP contribution in [0.25, 0.3) is 5.69 Å². The molecular formula is C25H16Cl4FN5O2. The Bertz CT molecular complexity index is 1480. The largest absolute Gasteiger partial charge is 0.326 e. The molecule has 37 heavy (non-hydrogen) atoms. The van der Waals surface area contributed by atoms with Crippen LogP contribution in [-0.4, -0.2) is 30.9 Å². The van der Waals surface area contributed by atoms with Gasteiger partial charge in [-0.15, -0.1) is 23.2 Å². The molecule has 2 amide bonds. The van der Waals surface area contributed by atoms with Gasteiger partial charge in [-0.05, 0) is 66.2 Å². The van der Waals surface area contributed by atoms with E-state index in [-0.39, 0.29) is 5.56 Å². The molecule has 1 aromatic heterocycles. The summed E-state index contributed by atoms with van der Waals surface area (Å²) in [5.41, 5.74) is 1.96. The number of rotatable bonds is 6. The number of hydrogen-bond acceptors (Lipinski definition) is 4. The highest BCUT2D eigenvalue weighted by Gasteiger charge is 2.67. The Hall–Kier alpha value is -3.17. The highest BCUT2D eigenvalue weighted by atomic mass is 35.5. The number of aromatic nitrogens is 3. The van der Waals surface area contributed by atoms with Crippen molar-refractivity contribution in [2.24, 2.45) is 5.92 Å². The molecule has 0 spiro atoms. The van der Waals surface area contributed by atoms with E-state index in [4.69, 9.17) is 46.4 Å². The van der Waals surface area contributed by atoms with Crippen LogP contribution in [0.1, 0.15) is 21.8 Å². The molecule has 0 radical (unpaired) electrons. The Morgan fingerprint density at radius 2 is 1.59 bits per heavy atom. The van der Waals surface area contributed by atoms with Crippen LogP contribution < -0.4 is 10.6 Å². The first-order valence-corrected chi connectivity index (χ1v) is 12.4. The zero-order valence-electron chi connectivity index (χ0n) is 18.6. The number of carbonyl (C=O) groups excluding carboxylic acids is 2. The molecule has 0 saturated heterocycles. The summed E-state index contributed by atoms with van der Waals surface area (Å²) in [6.07, 6.45) is 2.76. The van der Waals surface area contributed by atoms with E-state index in [1.54, 1.807) is 30.3 Å². The van der Waals surface area contributed by atoms with E-state index in [0.717, 1.165) is 0 Å². The summed E-state index contributed by atoms with van der Waals surface area (Å²) in [7, 11) is 0. The molecule has 0 unspecified atom stereocenters. The van der Waals surface area contributed by atoms with Gasteiger partial charge < -0.3 is 10.6 Å². The topological polar surface area (TPSA) is 88.9 Å². The van der Waals surface area contributed by atoms with E-state index in [2.05, 4.69) is 20.7 Å². The van der Waals surface area contributed by atoms with Gasteiger partial charge in [-0.25, -0.2) is 14.1 Å². The van der Waals surface area contributed by atoms with Crippen LogP contribution >= 0.6 is 46.4 Å². The van der Waals surface area contributed by atoms with Crippen molar-refractivity contribution >= 4 is 69.6 Å². The Kier molecular flexibility index (Phi) is 6.85. The van der Waals surface area contributed by atoms with Gasteiger partial charge >= 0.3 is 0 Å². The fourth-order valence-corrected chi connectivity index (χ4v) is 5.47. The maximum Gasteiger partial charge on any atom is 0.257 e. The predicted molar refractivity (Wildman–Crippen MR) is 141 cm³/mol. The lowest BCUT2D eigenvalue weighted by molar-refractivity contribution is -0.117. The summed E-state index contributed by atoms with van der Waals surface area (Å²) in [4.78, 5) is 30.2. The minimum absolute atomic E-state index is 0.185. The third-order valence-electron chi connectivity index (χ3n) is 5.86. The van der Waals surface area contributed by atoms with Crippen molar-refractivity contribution in [1.82, 2.24) is 14.8 Å². The minimum Gasteiger partial charge on any atom is -0.326 e. The van der Waals surface area contributed by atoms with E-state index in [9.17, 15) is 14.0 Å². The monoisotopic (exact) mass is 577 g/mol. The van der Waals surface area contributed by atoms with Crippen LogP contribution in [0, 0.1) is 11.7 Å². The molecule has 1 heterocycles. The van der Waals surface area contributed by atoms with E-state index < -0.39 is 33.8 Å². The number of nitrogens with one attached hydrogen (secondary N) is 2. The van der Waals surface area contributed by atoms with Crippen LogP contribution in [0.3, 0.4) is 0 Å². The molecule has 1 aliphatic carbocycles. The molecule has 0 aliphatic heterocycles. The summed E-state index contributed by atoms with van der Waals surface area (Å²) in [5, 5.41) is 10.4. The minimum atomic E-state index is -1.36. The lowest BCUT2D eigenvalue weighted by Gasteiger charge is -2.13. The Morgan fingerprint density at radius 3 is 2.24 bits per heavy atom. The number of amides is 2. The van der Waals surface area contributed by atoms with E-state index in [1.165, 1.54) is 47.7 Å². The van der Waals surface area contributed by atoms with Crippen molar-refractivity contribution in [3.05, 3.63) is 100 Å². The quantitative estimate of drug-likeness (QED) is 0.256. The first-order chi connectivity index (χ1) is 17.6. The standard InChI is InChI=1S/C25H16Cl4FN5O2/c26-14-7-13(8-15(27)9-14)21-22(25(21,28)29)24(37)34-18-5-6-20(35-12-31-11-32-35)19(10-18)23(36)33-17-3-1-16(30)2-4-17/h1-12,21-22H,(H,33,36)(H,34,37)/t21-,22+/m0/s1. The SMILES string of the molecule is O=C(Nc1ccc(F)cc1)c1cc(NC(=O)[C@H]2[C@H](c3cc(Cl)cc(Cl)c3)C2(Cl)Cl)ccc1-n1cncn1. The second-order valence-corrected chi connectivity index (χ2v) is 10.7. The summed E-state index contributed by atoms with van der Waals surface area (Å²) in [5.74, 6) is -2.68. The van der Waals surface area contributed by atoms with Gasteiger partial charge in [0.2, 0.25) is 5.91 Å². The molecule has 1 aliphatic rings. The van der Waals surface area contributed by atoms with E-state index in [1.807, 2.05) is 0 Å². The van der Waals surface area contributed by atoms with Crippen LogP contribution in [-0.2, 0) is 4.79 Å². The Balaban J connectivity index is 1.41. The molecule has 12 heteroatoms. The van der Waals surface area contributed by atoms with Crippen LogP contribution in [0.5, 0.6) is 0 Å².